The van der Waals surface area contributed by atoms with E-state index in [1.54, 1.807) is 13.0 Å². The first-order valence-corrected chi connectivity index (χ1v) is 8.23. The molecule has 1 atom stereocenters. The average molecular weight is 365 g/mol. The molecule has 0 aliphatic heterocycles. The van der Waals surface area contributed by atoms with Crippen LogP contribution in [0.5, 0.6) is 5.75 Å². The van der Waals surface area contributed by atoms with Crippen LogP contribution in [0.3, 0.4) is 0 Å². The van der Waals surface area contributed by atoms with Gasteiger partial charge in [-0.2, -0.15) is 4.72 Å². The van der Waals surface area contributed by atoms with E-state index in [0.29, 0.717) is 11.0 Å². The fraction of sp³-hybridized carbons (Fsp3) is 0.417. The lowest BCUT2D eigenvalue weighted by molar-refractivity contribution is -0.122. The molecule has 0 saturated heterocycles. The third-order valence-electron chi connectivity index (χ3n) is 2.49. The number of carbonyl (C=O) groups excluding carboxylic acids is 1. The number of amides is 1. The van der Waals surface area contributed by atoms with E-state index in [0.717, 1.165) is 0 Å². The minimum absolute atomic E-state index is 0.0227. The van der Waals surface area contributed by atoms with Crippen molar-refractivity contribution in [2.75, 3.05) is 13.7 Å². The molecule has 1 unspecified atom stereocenters. The van der Waals surface area contributed by atoms with Gasteiger partial charge in [0.15, 0.2) is 0 Å². The third kappa shape index (κ3) is 4.19. The van der Waals surface area contributed by atoms with Crippen LogP contribution in [0.4, 0.5) is 0 Å². The van der Waals surface area contributed by atoms with E-state index in [1.165, 1.54) is 26.2 Å². The molecule has 6 nitrogen and oxygen atoms in total. The van der Waals surface area contributed by atoms with Gasteiger partial charge in [0.05, 0.1) is 13.2 Å². The van der Waals surface area contributed by atoms with Gasteiger partial charge in [0, 0.05) is 11.0 Å². The molecule has 20 heavy (non-hydrogen) atoms. The summed E-state index contributed by atoms with van der Waals surface area (Å²) in [5.41, 5.74) is 0. The van der Waals surface area contributed by atoms with Crippen LogP contribution in [-0.4, -0.2) is 34.0 Å². The first-order valence-electron chi connectivity index (χ1n) is 5.95. The van der Waals surface area contributed by atoms with E-state index >= 15 is 0 Å². The Bertz CT molecular complexity index is 589. The van der Waals surface area contributed by atoms with Crippen LogP contribution in [0.15, 0.2) is 27.6 Å². The van der Waals surface area contributed by atoms with E-state index in [9.17, 15) is 13.2 Å². The molecular formula is C12H17BrN2O4S. The number of likely N-dealkylation sites (N-methyl/N-ethyl adjacent to an activating group) is 1. The van der Waals surface area contributed by atoms with Crippen LogP contribution in [0.25, 0.3) is 0 Å². The van der Waals surface area contributed by atoms with Gasteiger partial charge in [0.1, 0.15) is 10.6 Å². The average Bonchev–Trinajstić information content (AvgIpc) is 2.38. The van der Waals surface area contributed by atoms with Gasteiger partial charge >= 0.3 is 0 Å². The lowest BCUT2D eigenvalue weighted by atomic mass is 10.3. The minimum atomic E-state index is -3.85. The number of sulfonamides is 1. The number of hydrogen-bond acceptors (Lipinski definition) is 4. The van der Waals surface area contributed by atoms with Crippen molar-refractivity contribution in [3.8, 4) is 5.75 Å². The molecular weight excluding hydrogens is 348 g/mol. The Balaban J connectivity index is 3.05. The van der Waals surface area contributed by atoms with Crippen molar-refractivity contribution >= 4 is 31.9 Å². The Morgan fingerprint density at radius 2 is 2.10 bits per heavy atom. The SMILES string of the molecule is CCNC(=O)C(C)NS(=O)(=O)c1cc(Br)ccc1OC. The summed E-state index contributed by atoms with van der Waals surface area (Å²) < 4.78 is 32.5. The molecule has 0 spiro atoms. The second kappa shape index (κ2) is 7.05. The van der Waals surface area contributed by atoms with Gasteiger partial charge < -0.3 is 10.1 Å². The van der Waals surface area contributed by atoms with Gasteiger partial charge in [0.25, 0.3) is 0 Å². The number of carbonyl (C=O) groups is 1. The first-order chi connectivity index (χ1) is 9.31. The van der Waals surface area contributed by atoms with Gasteiger partial charge in [-0.05, 0) is 32.0 Å². The Kier molecular flexibility index (Phi) is 5.97. The fourth-order valence-corrected chi connectivity index (χ4v) is 3.45. The molecule has 0 saturated carbocycles. The van der Waals surface area contributed by atoms with Gasteiger partial charge in [-0.1, -0.05) is 15.9 Å². The maximum absolute atomic E-state index is 12.3. The van der Waals surface area contributed by atoms with Crippen LogP contribution in [0, 0.1) is 0 Å². The summed E-state index contributed by atoms with van der Waals surface area (Å²) in [6.07, 6.45) is 0. The highest BCUT2D eigenvalue weighted by molar-refractivity contribution is 9.10. The van der Waals surface area contributed by atoms with Crippen LogP contribution in [-0.2, 0) is 14.8 Å². The molecule has 0 aliphatic carbocycles. The maximum Gasteiger partial charge on any atom is 0.245 e. The largest absolute Gasteiger partial charge is 0.495 e. The number of benzene rings is 1. The number of methoxy groups -OCH3 is 1. The highest BCUT2D eigenvalue weighted by Crippen LogP contribution is 2.27. The monoisotopic (exact) mass is 364 g/mol. The molecule has 0 heterocycles. The summed E-state index contributed by atoms with van der Waals surface area (Å²) in [5, 5.41) is 2.55. The standard InChI is InChI=1S/C12H17BrN2O4S/c1-4-14-12(16)8(2)15-20(17,18)11-7-9(13)5-6-10(11)19-3/h5-8,15H,4H2,1-3H3,(H,14,16). The Labute approximate surface area is 127 Å². The summed E-state index contributed by atoms with van der Waals surface area (Å²) in [6, 6.07) is 3.76. The lowest BCUT2D eigenvalue weighted by Gasteiger charge is -2.15. The molecule has 0 radical (unpaired) electrons. The molecule has 2 N–H and O–H groups in total. The fourth-order valence-electron chi connectivity index (χ4n) is 1.54. The van der Waals surface area contributed by atoms with E-state index in [2.05, 4.69) is 26.0 Å². The van der Waals surface area contributed by atoms with E-state index in [-0.39, 0.29) is 16.6 Å². The summed E-state index contributed by atoms with van der Waals surface area (Å²) in [5.74, 6) is -0.172. The Morgan fingerprint density at radius 3 is 2.65 bits per heavy atom. The molecule has 0 bridgehead atoms. The number of rotatable bonds is 6. The summed E-state index contributed by atoms with van der Waals surface area (Å²) in [7, 11) is -2.47. The number of nitrogens with one attached hydrogen (secondary N) is 2. The molecule has 1 amide bonds. The van der Waals surface area contributed by atoms with Gasteiger partial charge in [-0.15, -0.1) is 0 Å². The predicted molar refractivity (Wildman–Crippen MR) is 79.2 cm³/mol. The number of hydrogen-bond donors (Lipinski definition) is 2. The van der Waals surface area contributed by atoms with Gasteiger partial charge in [-0.3, -0.25) is 4.79 Å². The van der Waals surface area contributed by atoms with Crippen molar-refractivity contribution in [3.05, 3.63) is 22.7 Å². The van der Waals surface area contributed by atoms with E-state index < -0.39 is 16.1 Å². The summed E-state index contributed by atoms with van der Waals surface area (Å²) in [4.78, 5) is 11.6. The molecule has 8 heteroatoms. The van der Waals surface area contributed by atoms with Gasteiger partial charge in [0.2, 0.25) is 15.9 Å². The third-order valence-corrected chi connectivity index (χ3v) is 4.55. The van der Waals surface area contributed by atoms with E-state index in [1.807, 2.05) is 0 Å². The quantitative estimate of drug-likeness (QED) is 0.795. The zero-order valence-electron chi connectivity index (χ0n) is 11.4. The zero-order chi connectivity index (χ0) is 15.3. The van der Waals surface area contributed by atoms with Crippen LogP contribution < -0.4 is 14.8 Å². The van der Waals surface area contributed by atoms with Crippen molar-refractivity contribution in [1.29, 1.82) is 0 Å². The topological polar surface area (TPSA) is 84.5 Å². The zero-order valence-corrected chi connectivity index (χ0v) is 13.8. The van der Waals surface area contributed by atoms with Crippen molar-refractivity contribution in [2.45, 2.75) is 24.8 Å². The molecule has 1 rings (SSSR count). The van der Waals surface area contributed by atoms with Crippen LogP contribution >= 0.6 is 15.9 Å². The molecule has 112 valence electrons. The van der Waals surface area contributed by atoms with Gasteiger partial charge in [-0.25, -0.2) is 8.42 Å². The number of ether oxygens (including phenoxy) is 1. The predicted octanol–water partition coefficient (Wildman–Crippen LogP) is 1.26. The highest BCUT2D eigenvalue weighted by atomic mass is 79.9. The molecule has 1 aromatic carbocycles. The summed E-state index contributed by atoms with van der Waals surface area (Å²) >= 11 is 3.21. The number of halogens is 1. The van der Waals surface area contributed by atoms with Crippen molar-refractivity contribution in [3.63, 3.8) is 0 Å². The molecule has 1 aromatic rings. The van der Waals surface area contributed by atoms with Crippen LogP contribution in [0.1, 0.15) is 13.8 Å². The molecule has 0 aliphatic rings. The van der Waals surface area contributed by atoms with Crippen molar-refractivity contribution < 1.29 is 17.9 Å². The lowest BCUT2D eigenvalue weighted by Crippen LogP contribution is -2.44. The molecule has 0 aromatic heterocycles. The van der Waals surface area contributed by atoms with Crippen molar-refractivity contribution in [1.82, 2.24) is 10.0 Å². The maximum atomic E-state index is 12.3. The second-order valence-corrected chi connectivity index (χ2v) is 6.63. The first kappa shape index (κ1) is 16.9. The highest BCUT2D eigenvalue weighted by Gasteiger charge is 2.24. The Morgan fingerprint density at radius 1 is 1.45 bits per heavy atom. The van der Waals surface area contributed by atoms with E-state index in [4.69, 9.17) is 4.74 Å². The minimum Gasteiger partial charge on any atom is -0.495 e. The normalized spacial score (nSPS) is 12.8. The Hall–Kier alpha value is -1.12. The molecule has 0 fully saturated rings. The van der Waals surface area contributed by atoms with Crippen LogP contribution in [0.2, 0.25) is 0 Å². The smallest absolute Gasteiger partial charge is 0.245 e. The summed E-state index contributed by atoms with van der Waals surface area (Å²) in [6.45, 7) is 3.68. The second-order valence-electron chi connectivity index (χ2n) is 4.03. The van der Waals surface area contributed by atoms with Crippen molar-refractivity contribution in [2.24, 2.45) is 0 Å².